The van der Waals surface area contributed by atoms with Gasteiger partial charge in [0.2, 0.25) is 0 Å². The molecule has 1 fully saturated rings. The van der Waals surface area contributed by atoms with Gasteiger partial charge in [-0.05, 0) is 68.3 Å². The maximum atomic E-state index is 12.2. The molecular formula is C17H24INO2. The maximum Gasteiger partial charge on any atom is 0.339 e. The number of rotatable bonds is 4. The second-order valence-corrected chi connectivity index (χ2v) is 7.18. The first-order chi connectivity index (χ1) is 9.99. The molecule has 2 rings (SSSR count). The number of benzene rings is 1. The van der Waals surface area contributed by atoms with Crippen molar-refractivity contribution in [3.8, 4) is 0 Å². The first kappa shape index (κ1) is 16.7. The maximum absolute atomic E-state index is 12.2. The Labute approximate surface area is 141 Å². The monoisotopic (exact) mass is 401 g/mol. The van der Waals surface area contributed by atoms with Crippen LogP contribution < -0.4 is 0 Å². The molecule has 1 aromatic carbocycles. The summed E-state index contributed by atoms with van der Waals surface area (Å²) in [6.45, 7) is 7.34. The van der Waals surface area contributed by atoms with Crippen molar-refractivity contribution in [3.63, 3.8) is 0 Å². The number of esters is 1. The van der Waals surface area contributed by atoms with Crippen molar-refractivity contribution >= 4 is 28.6 Å². The fraction of sp³-hybridized carbons (Fsp3) is 0.588. The molecule has 0 spiro atoms. The molecule has 0 N–H and O–H groups in total. The molecule has 1 aliphatic heterocycles. The molecular weight excluding hydrogens is 377 g/mol. The highest BCUT2D eigenvalue weighted by Gasteiger charge is 2.27. The van der Waals surface area contributed by atoms with Crippen LogP contribution in [0.5, 0.6) is 0 Å². The molecule has 0 aliphatic carbocycles. The van der Waals surface area contributed by atoms with E-state index in [-0.39, 0.29) is 12.1 Å². The van der Waals surface area contributed by atoms with Crippen molar-refractivity contribution in [1.29, 1.82) is 0 Å². The largest absolute Gasteiger partial charge is 0.458 e. The number of hydrogen-bond acceptors (Lipinski definition) is 3. The van der Waals surface area contributed by atoms with Crippen molar-refractivity contribution in [2.24, 2.45) is 0 Å². The molecule has 1 aliphatic rings. The van der Waals surface area contributed by atoms with E-state index in [1.165, 1.54) is 19.3 Å². The molecule has 1 heterocycles. The van der Waals surface area contributed by atoms with Crippen molar-refractivity contribution in [2.75, 3.05) is 6.54 Å². The first-order valence-corrected chi connectivity index (χ1v) is 8.78. The lowest BCUT2D eigenvalue weighted by Crippen LogP contribution is -2.47. The van der Waals surface area contributed by atoms with Crippen LogP contribution in [0.15, 0.2) is 24.3 Å². The van der Waals surface area contributed by atoms with Gasteiger partial charge < -0.3 is 4.74 Å². The normalized spacial score (nSPS) is 24.6. The van der Waals surface area contributed by atoms with E-state index in [0.29, 0.717) is 17.6 Å². The predicted octanol–water partition coefficient (Wildman–Crippen LogP) is 4.10. The van der Waals surface area contributed by atoms with E-state index in [2.05, 4.69) is 41.3 Å². The summed E-state index contributed by atoms with van der Waals surface area (Å²) in [6, 6.07) is 8.70. The van der Waals surface area contributed by atoms with Gasteiger partial charge >= 0.3 is 5.97 Å². The molecule has 0 unspecified atom stereocenters. The van der Waals surface area contributed by atoms with E-state index >= 15 is 0 Å². The van der Waals surface area contributed by atoms with Gasteiger partial charge in [0.05, 0.1) is 5.56 Å². The Balaban J connectivity index is 1.93. The van der Waals surface area contributed by atoms with Crippen LogP contribution in [0.4, 0.5) is 0 Å². The number of likely N-dealkylation sites (tertiary alicyclic amines) is 1. The van der Waals surface area contributed by atoms with Crippen LogP contribution in [0.1, 0.15) is 50.4 Å². The molecule has 0 saturated carbocycles. The third-order valence-electron chi connectivity index (χ3n) is 4.25. The van der Waals surface area contributed by atoms with Gasteiger partial charge in [0.15, 0.2) is 0 Å². The Morgan fingerprint density at radius 2 is 1.95 bits per heavy atom. The van der Waals surface area contributed by atoms with E-state index in [0.717, 1.165) is 10.1 Å². The summed E-state index contributed by atoms with van der Waals surface area (Å²) in [6.07, 6.45) is 3.69. The number of carbonyl (C=O) groups is 1. The van der Waals surface area contributed by atoms with E-state index in [1.54, 1.807) is 0 Å². The first-order valence-electron chi connectivity index (χ1n) is 7.70. The fourth-order valence-corrected chi connectivity index (χ4v) is 3.65. The summed E-state index contributed by atoms with van der Waals surface area (Å²) in [4.78, 5) is 14.7. The smallest absolute Gasteiger partial charge is 0.339 e. The van der Waals surface area contributed by atoms with E-state index in [4.69, 9.17) is 4.74 Å². The Morgan fingerprint density at radius 3 is 2.57 bits per heavy atom. The van der Waals surface area contributed by atoms with Gasteiger partial charge in [-0.25, -0.2) is 4.79 Å². The molecule has 116 valence electrons. The van der Waals surface area contributed by atoms with Gasteiger partial charge in [-0.1, -0.05) is 18.6 Å². The minimum absolute atomic E-state index is 0.0866. The Hall–Kier alpha value is -0.620. The van der Waals surface area contributed by atoms with Gasteiger partial charge in [0, 0.05) is 22.2 Å². The van der Waals surface area contributed by atoms with E-state index < -0.39 is 0 Å². The SMILES string of the molecule is C[C@H](CN1[C@H](C)CCC[C@@H]1C)OC(=O)c1ccccc1I. The molecule has 3 atom stereocenters. The summed E-state index contributed by atoms with van der Waals surface area (Å²) in [7, 11) is 0. The highest BCUT2D eigenvalue weighted by molar-refractivity contribution is 14.1. The molecule has 0 radical (unpaired) electrons. The number of carbonyl (C=O) groups excluding carboxylic acids is 1. The topological polar surface area (TPSA) is 29.5 Å². The van der Waals surface area contributed by atoms with Crippen molar-refractivity contribution in [1.82, 2.24) is 4.90 Å². The van der Waals surface area contributed by atoms with Crippen LogP contribution in [0.3, 0.4) is 0 Å². The second kappa shape index (κ2) is 7.58. The summed E-state index contributed by atoms with van der Waals surface area (Å²) >= 11 is 2.17. The lowest BCUT2D eigenvalue weighted by Gasteiger charge is -2.40. The minimum atomic E-state index is -0.218. The van der Waals surface area contributed by atoms with Crippen LogP contribution in [-0.4, -0.2) is 35.6 Å². The molecule has 0 amide bonds. The minimum Gasteiger partial charge on any atom is -0.458 e. The number of nitrogens with zero attached hydrogens (tertiary/aromatic N) is 1. The molecule has 3 nitrogen and oxygen atoms in total. The lowest BCUT2D eigenvalue weighted by molar-refractivity contribution is 0.00803. The highest BCUT2D eigenvalue weighted by atomic mass is 127. The zero-order valence-electron chi connectivity index (χ0n) is 13.0. The molecule has 1 aromatic rings. The zero-order chi connectivity index (χ0) is 15.4. The molecule has 1 saturated heterocycles. The van der Waals surface area contributed by atoms with Crippen LogP contribution in [-0.2, 0) is 4.74 Å². The molecule has 0 aromatic heterocycles. The van der Waals surface area contributed by atoms with Crippen molar-refractivity contribution in [3.05, 3.63) is 33.4 Å². The zero-order valence-corrected chi connectivity index (χ0v) is 15.2. The van der Waals surface area contributed by atoms with E-state index in [1.807, 2.05) is 31.2 Å². The lowest BCUT2D eigenvalue weighted by atomic mass is 9.97. The fourth-order valence-electron chi connectivity index (χ4n) is 3.04. The molecule has 4 heteroatoms. The van der Waals surface area contributed by atoms with Crippen LogP contribution >= 0.6 is 22.6 Å². The van der Waals surface area contributed by atoms with Crippen LogP contribution in [0.2, 0.25) is 0 Å². The highest BCUT2D eigenvalue weighted by Crippen LogP contribution is 2.23. The van der Waals surface area contributed by atoms with Crippen LogP contribution in [0.25, 0.3) is 0 Å². The van der Waals surface area contributed by atoms with Gasteiger partial charge in [0.25, 0.3) is 0 Å². The second-order valence-electron chi connectivity index (χ2n) is 6.02. The van der Waals surface area contributed by atoms with E-state index in [9.17, 15) is 4.79 Å². The number of halogens is 1. The number of piperidine rings is 1. The van der Waals surface area contributed by atoms with Crippen molar-refractivity contribution < 1.29 is 9.53 Å². The molecule has 0 bridgehead atoms. The van der Waals surface area contributed by atoms with Gasteiger partial charge in [-0.15, -0.1) is 0 Å². The summed E-state index contributed by atoms with van der Waals surface area (Å²) < 4.78 is 6.57. The summed E-state index contributed by atoms with van der Waals surface area (Å²) in [5.74, 6) is -0.218. The summed E-state index contributed by atoms with van der Waals surface area (Å²) in [5.41, 5.74) is 0.657. The third kappa shape index (κ3) is 4.42. The Kier molecular flexibility index (Phi) is 6.05. The van der Waals surface area contributed by atoms with Gasteiger partial charge in [-0.2, -0.15) is 0 Å². The van der Waals surface area contributed by atoms with Crippen molar-refractivity contribution in [2.45, 2.75) is 58.2 Å². The number of hydrogen-bond donors (Lipinski definition) is 0. The van der Waals surface area contributed by atoms with Crippen LogP contribution in [0, 0.1) is 3.57 Å². The third-order valence-corrected chi connectivity index (χ3v) is 5.19. The van der Waals surface area contributed by atoms with Gasteiger partial charge in [0.1, 0.15) is 6.10 Å². The Bertz CT molecular complexity index is 481. The molecule has 21 heavy (non-hydrogen) atoms. The Morgan fingerprint density at radius 1 is 1.33 bits per heavy atom. The average Bonchev–Trinajstić information content (AvgIpc) is 2.43. The quantitative estimate of drug-likeness (QED) is 0.562. The number of ether oxygens (including phenoxy) is 1. The standard InChI is InChI=1S/C17H24INO2/c1-12-7-6-8-13(2)19(12)11-14(3)21-17(20)15-9-4-5-10-16(15)18/h4-5,9-10,12-14H,6-8,11H2,1-3H3/t12-,13+,14-/m1/s1. The average molecular weight is 401 g/mol. The van der Waals surface area contributed by atoms with Gasteiger partial charge in [-0.3, -0.25) is 4.90 Å². The predicted molar refractivity (Wildman–Crippen MR) is 93.5 cm³/mol. The summed E-state index contributed by atoms with van der Waals surface area (Å²) in [5, 5.41) is 0.